The number of alkyl carbamates (subject to hydrolysis) is 1. The minimum atomic E-state index is -3.87. The first kappa shape index (κ1) is 35.4. The zero-order valence-electron chi connectivity index (χ0n) is 27.7. The van der Waals surface area contributed by atoms with Gasteiger partial charge in [-0.3, -0.25) is 19.1 Å². The van der Waals surface area contributed by atoms with Gasteiger partial charge in [0.15, 0.2) is 0 Å². The quantitative estimate of drug-likeness (QED) is 0.368. The van der Waals surface area contributed by atoms with E-state index in [4.69, 9.17) is 21.1 Å². The van der Waals surface area contributed by atoms with Crippen molar-refractivity contribution in [2.24, 2.45) is 5.92 Å². The van der Waals surface area contributed by atoms with Crippen LogP contribution in [0, 0.1) is 5.92 Å². The fourth-order valence-corrected chi connectivity index (χ4v) is 8.89. The molecule has 13 nitrogen and oxygen atoms in total. The lowest BCUT2D eigenvalue weighted by molar-refractivity contribution is -0.141. The molecule has 2 aromatic rings. The minimum Gasteiger partial charge on any atom is -0.465 e. The number of halogens is 1. The Kier molecular flexibility index (Phi) is 9.90. The van der Waals surface area contributed by atoms with Crippen LogP contribution in [0.2, 0.25) is 5.02 Å². The SMILES string of the molecule is CC(C)(C)OC(=O)N[C@H]1CCCCC/C=C\[C@@H]2C[C@@]2(C(=O)NS(=O)(=O)C2CC2)NC(=O)[C@@H]2C[C@@H](Oc3nc4ccc(Cl)cc4s3)CN2C1=O. The molecular formula is C33H42ClN5O8S2. The van der Waals surface area contributed by atoms with Gasteiger partial charge in [0.2, 0.25) is 21.8 Å². The van der Waals surface area contributed by atoms with Crippen molar-refractivity contribution in [3.8, 4) is 5.19 Å². The van der Waals surface area contributed by atoms with Crippen LogP contribution in [0.25, 0.3) is 10.2 Å². The summed E-state index contributed by atoms with van der Waals surface area (Å²) < 4.78 is 40.2. The summed E-state index contributed by atoms with van der Waals surface area (Å²) in [5, 5.41) is 5.86. The molecule has 266 valence electrons. The third-order valence-corrected chi connectivity index (χ3v) is 12.1. The largest absolute Gasteiger partial charge is 0.465 e. The van der Waals surface area contributed by atoms with Gasteiger partial charge in [-0.05, 0) is 77.5 Å². The zero-order chi connectivity index (χ0) is 35.1. The highest BCUT2D eigenvalue weighted by atomic mass is 35.5. The highest BCUT2D eigenvalue weighted by molar-refractivity contribution is 7.91. The Hall–Kier alpha value is -3.43. The predicted molar refractivity (Wildman–Crippen MR) is 184 cm³/mol. The van der Waals surface area contributed by atoms with Crippen molar-refractivity contribution in [2.45, 2.75) is 113 Å². The molecule has 4 aliphatic rings. The maximum Gasteiger partial charge on any atom is 0.408 e. The van der Waals surface area contributed by atoms with Gasteiger partial charge in [-0.25, -0.2) is 18.2 Å². The number of hydrogen-bond donors (Lipinski definition) is 3. The Balaban J connectivity index is 1.28. The van der Waals surface area contributed by atoms with Crippen LogP contribution < -0.4 is 20.1 Å². The predicted octanol–water partition coefficient (Wildman–Crippen LogP) is 4.19. The van der Waals surface area contributed by atoms with Crippen molar-refractivity contribution in [2.75, 3.05) is 6.54 Å². The Morgan fingerprint density at radius 2 is 1.92 bits per heavy atom. The van der Waals surface area contributed by atoms with E-state index in [-0.39, 0.29) is 19.4 Å². The zero-order valence-corrected chi connectivity index (χ0v) is 30.1. The van der Waals surface area contributed by atoms with Gasteiger partial charge >= 0.3 is 6.09 Å². The molecule has 16 heteroatoms. The van der Waals surface area contributed by atoms with E-state index in [0.29, 0.717) is 47.8 Å². The molecule has 5 atom stereocenters. The number of sulfonamides is 1. The van der Waals surface area contributed by atoms with E-state index in [1.807, 2.05) is 12.2 Å². The number of allylic oxidation sites excluding steroid dienone is 1. The number of amides is 4. The molecule has 1 saturated heterocycles. The molecule has 3 fully saturated rings. The number of carbonyl (C=O) groups is 4. The van der Waals surface area contributed by atoms with Gasteiger partial charge in [0.1, 0.15) is 29.3 Å². The molecule has 4 amide bonds. The molecule has 0 bridgehead atoms. The lowest BCUT2D eigenvalue weighted by Gasteiger charge is -2.30. The normalized spacial score (nSPS) is 28.7. The topological polar surface area (TPSA) is 173 Å². The maximum absolute atomic E-state index is 14.3. The van der Waals surface area contributed by atoms with Gasteiger partial charge in [0.25, 0.3) is 11.1 Å². The monoisotopic (exact) mass is 735 g/mol. The van der Waals surface area contributed by atoms with Crippen molar-refractivity contribution in [1.82, 2.24) is 25.2 Å². The third kappa shape index (κ3) is 8.31. The van der Waals surface area contributed by atoms with Gasteiger partial charge in [0, 0.05) is 17.4 Å². The van der Waals surface area contributed by atoms with Crippen molar-refractivity contribution in [3.63, 3.8) is 0 Å². The lowest BCUT2D eigenvalue weighted by atomic mass is 10.0. The Morgan fingerprint density at radius 3 is 2.65 bits per heavy atom. The van der Waals surface area contributed by atoms with E-state index in [0.717, 1.165) is 17.5 Å². The second-order valence-corrected chi connectivity index (χ2v) is 17.7. The second-order valence-electron chi connectivity index (χ2n) is 14.3. The number of ether oxygens (including phenoxy) is 2. The van der Waals surface area contributed by atoms with Gasteiger partial charge in [-0.2, -0.15) is 0 Å². The number of hydrogen-bond acceptors (Lipinski definition) is 10. The first-order valence-electron chi connectivity index (χ1n) is 16.7. The number of aromatic nitrogens is 1. The van der Waals surface area contributed by atoms with Crippen LogP contribution >= 0.6 is 22.9 Å². The fourth-order valence-electron chi connectivity index (χ4n) is 6.37. The molecule has 0 unspecified atom stereocenters. The molecule has 3 N–H and O–H groups in total. The number of benzene rings is 1. The second kappa shape index (κ2) is 13.7. The summed E-state index contributed by atoms with van der Waals surface area (Å²) >= 11 is 7.44. The standard InChI is InChI=1S/C33H42ClN5O8S2/c1-32(2,3)47-30(43)35-24-10-8-6-4-5-7-9-19-17-33(19,29(42)38-49(44,45)22-12-13-22)37-27(40)25-16-21(18-39(25)28(24)41)46-31-36-23-14-11-20(34)15-26(23)48-31/h7,9,11,14-15,19,21-22,24-25H,4-6,8,10,12-13,16-18H2,1-3H3,(H,35,43)(H,37,40)(H,38,42)/b9-7-/t19-,21-,24+,25+,33-/m1/s1. The van der Waals surface area contributed by atoms with Crippen LogP contribution in [0.15, 0.2) is 30.4 Å². The third-order valence-electron chi connectivity index (χ3n) is 9.13. The summed E-state index contributed by atoms with van der Waals surface area (Å²) in [6.07, 6.45) is 6.89. The van der Waals surface area contributed by atoms with Gasteiger partial charge < -0.3 is 25.0 Å². The number of thiazole rings is 1. The molecule has 3 heterocycles. The highest BCUT2D eigenvalue weighted by Gasteiger charge is 2.62. The minimum absolute atomic E-state index is 0.0126. The van der Waals surface area contributed by atoms with Crippen LogP contribution in [0.4, 0.5) is 4.79 Å². The first-order chi connectivity index (χ1) is 23.1. The summed E-state index contributed by atoms with van der Waals surface area (Å²) in [4.78, 5) is 60.8. The van der Waals surface area contributed by atoms with Gasteiger partial charge in [-0.15, -0.1) is 0 Å². The first-order valence-corrected chi connectivity index (χ1v) is 19.4. The number of fused-ring (bicyclic) bond motifs is 3. The summed E-state index contributed by atoms with van der Waals surface area (Å²) in [5.41, 5.74) is -1.59. The lowest BCUT2D eigenvalue weighted by Crippen LogP contribution is -2.58. The van der Waals surface area contributed by atoms with Crippen molar-refractivity contribution < 1.29 is 37.1 Å². The maximum atomic E-state index is 14.3. The molecular weight excluding hydrogens is 694 g/mol. The number of rotatable bonds is 6. The summed E-state index contributed by atoms with van der Waals surface area (Å²) in [6, 6.07) is 3.21. The van der Waals surface area contributed by atoms with E-state index in [2.05, 4.69) is 20.3 Å². The van der Waals surface area contributed by atoms with Crippen molar-refractivity contribution in [1.29, 1.82) is 0 Å². The molecule has 1 aromatic heterocycles. The van der Waals surface area contributed by atoms with E-state index in [9.17, 15) is 27.6 Å². The molecule has 2 aliphatic carbocycles. The Bertz CT molecular complexity index is 1770. The summed E-state index contributed by atoms with van der Waals surface area (Å²) in [7, 11) is -3.87. The van der Waals surface area contributed by atoms with Gasteiger partial charge in [-0.1, -0.05) is 47.9 Å². The van der Waals surface area contributed by atoms with E-state index in [1.165, 1.54) is 16.2 Å². The smallest absolute Gasteiger partial charge is 0.408 e. The van der Waals surface area contributed by atoms with Crippen LogP contribution in [-0.4, -0.2) is 83.2 Å². The molecule has 49 heavy (non-hydrogen) atoms. The molecule has 0 spiro atoms. The van der Waals surface area contributed by atoms with E-state index in [1.54, 1.807) is 39.0 Å². The summed E-state index contributed by atoms with van der Waals surface area (Å²) in [5.74, 6) is -2.29. The van der Waals surface area contributed by atoms with Crippen LogP contribution in [0.5, 0.6) is 5.19 Å². The number of nitrogens with one attached hydrogen (secondary N) is 3. The summed E-state index contributed by atoms with van der Waals surface area (Å²) in [6.45, 7) is 5.19. The Morgan fingerprint density at radius 1 is 1.14 bits per heavy atom. The average Bonchev–Trinajstić information content (AvgIpc) is 3.90. The molecule has 1 aromatic carbocycles. The Labute approximate surface area is 294 Å². The van der Waals surface area contributed by atoms with Gasteiger partial charge in [0.05, 0.1) is 22.0 Å². The van der Waals surface area contributed by atoms with Crippen molar-refractivity contribution >= 4 is 67.0 Å². The number of nitrogens with zero attached hydrogens (tertiary/aromatic N) is 2. The average molecular weight is 736 g/mol. The highest BCUT2D eigenvalue weighted by Crippen LogP contribution is 2.46. The van der Waals surface area contributed by atoms with Crippen LogP contribution in [0.1, 0.15) is 78.6 Å². The molecule has 0 radical (unpaired) electrons. The number of carbonyl (C=O) groups excluding carboxylic acids is 4. The molecule has 2 saturated carbocycles. The fraction of sp³-hybridized carbons (Fsp3) is 0.606. The van der Waals surface area contributed by atoms with E-state index >= 15 is 0 Å². The molecule has 6 rings (SSSR count). The molecule has 2 aliphatic heterocycles. The van der Waals surface area contributed by atoms with Crippen LogP contribution in [-0.2, 0) is 29.1 Å². The van der Waals surface area contributed by atoms with Crippen molar-refractivity contribution in [3.05, 3.63) is 35.4 Å². The van der Waals surface area contributed by atoms with E-state index < -0.39 is 74.3 Å². The van der Waals surface area contributed by atoms with Crippen LogP contribution in [0.3, 0.4) is 0 Å².